The molecule has 3 rings (SSSR count). The first kappa shape index (κ1) is 18.4. The molecule has 26 heavy (non-hydrogen) atoms. The van der Waals surface area contributed by atoms with Crippen molar-refractivity contribution in [1.29, 1.82) is 0 Å². The number of rotatable bonds is 5. The third-order valence-electron chi connectivity index (χ3n) is 3.51. The number of carbonyl (C=O) groups excluding carboxylic acids is 1. The molecule has 0 bridgehead atoms. The van der Waals surface area contributed by atoms with Gasteiger partial charge in [0.1, 0.15) is 0 Å². The number of benzene rings is 2. The highest BCUT2D eigenvalue weighted by Crippen LogP contribution is 2.25. The van der Waals surface area contributed by atoms with Crippen molar-refractivity contribution in [3.8, 4) is 17.4 Å². The minimum absolute atomic E-state index is 0.133. The van der Waals surface area contributed by atoms with Crippen molar-refractivity contribution >= 4 is 29.1 Å². The summed E-state index contributed by atoms with van der Waals surface area (Å²) in [5, 5.41) is 5.11. The second-order valence-corrected chi connectivity index (χ2v) is 6.97. The molecular weight excluding hydrogens is 373 g/mol. The minimum Gasteiger partial charge on any atom is -0.462 e. The molecule has 0 aliphatic heterocycles. The molecule has 0 spiro atoms. The van der Waals surface area contributed by atoms with Crippen LogP contribution < -0.4 is 4.74 Å². The van der Waals surface area contributed by atoms with Crippen molar-refractivity contribution in [1.82, 2.24) is 14.8 Å². The van der Waals surface area contributed by atoms with Gasteiger partial charge in [-0.1, -0.05) is 61.3 Å². The molecule has 0 fully saturated rings. The van der Waals surface area contributed by atoms with E-state index in [1.165, 1.54) is 4.68 Å². The SMILES string of the molecule is CC(C)COc1nc(-c2cccc(Cl)c2)n(C(=O)c2ccccc2Cl)n1. The van der Waals surface area contributed by atoms with Gasteiger partial charge in [-0.15, -0.1) is 5.10 Å². The average Bonchev–Trinajstić information content (AvgIpc) is 3.04. The van der Waals surface area contributed by atoms with E-state index < -0.39 is 5.91 Å². The Bertz CT molecular complexity index is 938. The molecule has 1 aromatic heterocycles. The van der Waals surface area contributed by atoms with Crippen molar-refractivity contribution in [2.75, 3.05) is 6.61 Å². The number of hydrogen-bond acceptors (Lipinski definition) is 4. The van der Waals surface area contributed by atoms with E-state index in [1.54, 1.807) is 48.5 Å². The van der Waals surface area contributed by atoms with Crippen molar-refractivity contribution < 1.29 is 9.53 Å². The molecule has 0 atom stereocenters. The van der Waals surface area contributed by atoms with Gasteiger partial charge in [-0.3, -0.25) is 4.79 Å². The Hall–Kier alpha value is -2.37. The van der Waals surface area contributed by atoms with E-state index in [0.29, 0.717) is 39.5 Å². The van der Waals surface area contributed by atoms with Crippen LogP contribution in [0, 0.1) is 5.92 Å². The Morgan fingerprint density at radius 2 is 1.92 bits per heavy atom. The molecule has 0 aliphatic rings. The van der Waals surface area contributed by atoms with E-state index >= 15 is 0 Å². The van der Waals surface area contributed by atoms with Gasteiger partial charge in [-0.25, -0.2) is 0 Å². The van der Waals surface area contributed by atoms with Crippen molar-refractivity contribution in [2.24, 2.45) is 5.92 Å². The number of halogens is 2. The fourth-order valence-electron chi connectivity index (χ4n) is 2.30. The minimum atomic E-state index is -0.391. The predicted octanol–water partition coefficient (Wildman–Crippen LogP) is 4.98. The van der Waals surface area contributed by atoms with Crippen LogP contribution in [0.2, 0.25) is 10.0 Å². The molecule has 3 aromatic rings. The molecule has 134 valence electrons. The highest BCUT2D eigenvalue weighted by atomic mass is 35.5. The number of nitrogens with zero attached hydrogens (tertiary/aromatic N) is 3. The lowest BCUT2D eigenvalue weighted by Gasteiger charge is -2.06. The maximum atomic E-state index is 13.0. The van der Waals surface area contributed by atoms with Crippen LogP contribution in [0.4, 0.5) is 0 Å². The highest BCUT2D eigenvalue weighted by molar-refractivity contribution is 6.34. The fraction of sp³-hybridized carbons (Fsp3) is 0.211. The molecular formula is C19H17Cl2N3O2. The van der Waals surface area contributed by atoms with Crippen LogP contribution in [0.5, 0.6) is 6.01 Å². The highest BCUT2D eigenvalue weighted by Gasteiger charge is 2.21. The Labute approximate surface area is 161 Å². The molecule has 2 aromatic carbocycles. The molecule has 7 heteroatoms. The van der Waals surface area contributed by atoms with Crippen LogP contribution in [-0.4, -0.2) is 27.3 Å². The summed E-state index contributed by atoms with van der Waals surface area (Å²) in [4.78, 5) is 17.4. The Balaban J connectivity index is 2.07. The van der Waals surface area contributed by atoms with Crippen LogP contribution in [0.3, 0.4) is 0 Å². The monoisotopic (exact) mass is 389 g/mol. The first-order chi connectivity index (χ1) is 12.5. The topological polar surface area (TPSA) is 57.0 Å². The first-order valence-corrected chi connectivity index (χ1v) is 8.86. The lowest BCUT2D eigenvalue weighted by atomic mass is 10.2. The van der Waals surface area contributed by atoms with Crippen LogP contribution >= 0.6 is 23.2 Å². The predicted molar refractivity (Wildman–Crippen MR) is 102 cm³/mol. The normalized spacial score (nSPS) is 11.0. The molecule has 0 amide bonds. The Morgan fingerprint density at radius 1 is 1.15 bits per heavy atom. The summed E-state index contributed by atoms with van der Waals surface area (Å²) in [6.45, 7) is 4.48. The second kappa shape index (κ2) is 7.89. The van der Waals surface area contributed by atoms with Crippen molar-refractivity contribution in [3.63, 3.8) is 0 Å². The molecule has 1 heterocycles. The van der Waals surface area contributed by atoms with E-state index in [1.807, 2.05) is 13.8 Å². The van der Waals surface area contributed by atoms with Gasteiger partial charge in [0.05, 0.1) is 17.2 Å². The standard InChI is InChI=1S/C19H17Cl2N3O2/c1-12(2)11-26-19-22-17(13-6-5-7-14(20)10-13)24(23-19)18(25)15-8-3-4-9-16(15)21/h3-10,12H,11H2,1-2H3. The molecule has 5 nitrogen and oxygen atoms in total. The van der Waals surface area contributed by atoms with E-state index in [9.17, 15) is 4.79 Å². The lowest BCUT2D eigenvalue weighted by Crippen LogP contribution is -2.16. The summed E-state index contributed by atoms with van der Waals surface area (Å²) < 4.78 is 6.79. The van der Waals surface area contributed by atoms with Gasteiger partial charge in [-0.05, 0) is 30.2 Å². The smallest absolute Gasteiger partial charge is 0.336 e. The fourth-order valence-corrected chi connectivity index (χ4v) is 2.71. The average molecular weight is 390 g/mol. The van der Waals surface area contributed by atoms with E-state index in [4.69, 9.17) is 27.9 Å². The number of ether oxygens (including phenoxy) is 1. The van der Waals surface area contributed by atoms with Gasteiger partial charge in [-0.2, -0.15) is 9.67 Å². The third kappa shape index (κ3) is 4.06. The Morgan fingerprint density at radius 3 is 2.62 bits per heavy atom. The van der Waals surface area contributed by atoms with E-state index in [0.717, 1.165) is 0 Å². The molecule has 0 unspecified atom stereocenters. The summed E-state index contributed by atoms with van der Waals surface area (Å²) in [5.74, 6) is 0.254. The maximum Gasteiger partial charge on any atom is 0.336 e. The van der Waals surface area contributed by atoms with Crippen molar-refractivity contribution in [3.05, 3.63) is 64.1 Å². The Kier molecular flexibility index (Phi) is 5.59. The molecule has 0 aliphatic carbocycles. The lowest BCUT2D eigenvalue weighted by molar-refractivity contribution is 0.0944. The van der Waals surface area contributed by atoms with E-state index in [-0.39, 0.29) is 6.01 Å². The van der Waals surface area contributed by atoms with E-state index in [2.05, 4.69) is 10.1 Å². The summed E-state index contributed by atoms with van der Waals surface area (Å²) in [6.07, 6.45) is 0. The number of aromatic nitrogens is 3. The summed E-state index contributed by atoms with van der Waals surface area (Å²) in [7, 11) is 0. The molecule has 0 saturated heterocycles. The van der Waals surface area contributed by atoms with Gasteiger partial charge in [0.25, 0.3) is 5.91 Å². The summed E-state index contributed by atoms with van der Waals surface area (Å²) in [6, 6.07) is 14.0. The maximum absolute atomic E-state index is 13.0. The number of carbonyl (C=O) groups is 1. The van der Waals surface area contributed by atoms with Gasteiger partial charge in [0.2, 0.25) is 0 Å². The van der Waals surface area contributed by atoms with Crippen LogP contribution in [0.1, 0.15) is 24.2 Å². The summed E-state index contributed by atoms with van der Waals surface area (Å²) >= 11 is 12.3. The van der Waals surface area contributed by atoms with Crippen LogP contribution in [-0.2, 0) is 0 Å². The zero-order chi connectivity index (χ0) is 18.7. The van der Waals surface area contributed by atoms with Crippen LogP contribution in [0.25, 0.3) is 11.4 Å². The van der Waals surface area contributed by atoms with Crippen molar-refractivity contribution in [2.45, 2.75) is 13.8 Å². The largest absolute Gasteiger partial charge is 0.462 e. The number of hydrogen-bond donors (Lipinski definition) is 0. The quantitative estimate of drug-likeness (QED) is 0.617. The zero-order valence-corrected chi connectivity index (χ0v) is 15.8. The van der Waals surface area contributed by atoms with Gasteiger partial charge >= 0.3 is 6.01 Å². The zero-order valence-electron chi connectivity index (χ0n) is 14.3. The molecule has 0 N–H and O–H groups in total. The summed E-state index contributed by atoms with van der Waals surface area (Å²) in [5.41, 5.74) is 0.988. The molecule has 0 saturated carbocycles. The first-order valence-electron chi connectivity index (χ1n) is 8.10. The van der Waals surface area contributed by atoms with Crippen LogP contribution in [0.15, 0.2) is 48.5 Å². The molecule has 0 radical (unpaired) electrons. The van der Waals surface area contributed by atoms with Gasteiger partial charge in [0.15, 0.2) is 5.82 Å². The van der Waals surface area contributed by atoms with Gasteiger partial charge < -0.3 is 4.74 Å². The third-order valence-corrected chi connectivity index (χ3v) is 4.08. The van der Waals surface area contributed by atoms with Gasteiger partial charge in [0, 0.05) is 10.6 Å². The second-order valence-electron chi connectivity index (χ2n) is 6.13.